The maximum Gasteiger partial charge on any atom is 0.387 e. The van der Waals surface area contributed by atoms with E-state index < -0.39 is 12.4 Å². The zero-order chi connectivity index (χ0) is 20.6. The molecule has 2 aliphatic carbocycles. The average Bonchev–Trinajstić information content (AvgIpc) is 2.73. The Kier molecular flexibility index (Phi) is 8.74. The van der Waals surface area contributed by atoms with E-state index in [0.29, 0.717) is 5.92 Å². The molecule has 0 N–H and O–H groups in total. The van der Waals surface area contributed by atoms with Gasteiger partial charge in [-0.15, -0.1) is 0 Å². The van der Waals surface area contributed by atoms with Crippen LogP contribution >= 0.6 is 0 Å². The largest absolute Gasteiger partial charge is 0.432 e. The number of halogens is 3. The van der Waals surface area contributed by atoms with Crippen LogP contribution in [0.3, 0.4) is 0 Å². The number of hydrogen-bond donors (Lipinski definition) is 0. The van der Waals surface area contributed by atoms with Crippen LogP contribution < -0.4 is 4.74 Å². The van der Waals surface area contributed by atoms with Gasteiger partial charge in [0.05, 0.1) is 0 Å². The minimum absolute atomic E-state index is 0.344. The Labute approximate surface area is 174 Å². The van der Waals surface area contributed by atoms with Crippen molar-refractivity contribution in [3.63, 3.8) is 0 Å². The summed E-state index contributed by atoms with van der Waals surface area (Å²) >= 11 is 0. The minimum Gasteiger partial charge on any atom is -0.432 e. The molecule has 0 spiro atoms. The van der Waals surface area contributed by atoms with Crippen LogP contribution in [0.5, 0.6) is 5.75 Å². The van der Waals surface area contributed by atoms with Crippen LogP contribution in [-0.4, -0.2) is 6.61 Å². The molecule has 0 saturated heterocycles. The number of rotatable bonds is 9. The van der Waals surface area contributed by atoms with Gasteiger partial charge in [0.15, 0.2) is 11.6 Å². The fourth-order valence-electron chi connectivity index (χ4n) is 5.69. The number of ether oxygens (including phenoxy) is 1. The lowest BCUT2D eigenvalue weighted by Crippen LogP contribution is -2.25. The van der Waals surface area contributed by atoms with Crippen molar-refractivity contribution in [3.8, 4) is 5.75 Å². The standard InChI is InChI=1S/C25H37F3O/c1-2-3-4-5-6-18-7-9-19(10-8-18)20-11-13-21(14-12-20)22-15-16-24(23(26)17-22)29-25(27)28/h15-21,25H,2-14H2,1H3. The van der Waals surface area contributed by atoms with Gasteiger partial charge in [-0.1, -0.05) is 57.9 Å². The van der Waals surface area contributed by atoms with Crippen molar-refractivity contribution in [2.75, 3.05) is 0 Å². The molecule has 1 aromatic rings. The molecule has 0 heterocycles. The van der Waals surface area contributed by atoms with Crippen molar-refractivity contribution < 1.29 is 17.9 Å². The fourth-order valence-corrected chi connectivity index (χ4v) is 5.69. The Morgan fingerprint density at radius 3 is 2.14 bits per heavy atom. The molecule has 0 bridgehead atoms. The predicted molar refractivity (Wildman–Crippen MR) is 112 cm³/mol. The second-order valence-corrected chi connectivity index (χ2v) is 9.31. The van der Waals surface area contributed by atoms with Gasteiger partial charge in [-0.25, -0.2) is 4.39 Å². The van der Waals surface area contributed by atoms with Gasteiger partial charge in [-0.3, -0.25) is 0 Å². The zero-order valence-corrected chi connectivity index (χ0v) is 17.9. The van der Waals surface area contributed by atoms with Crippen LogP contribution in [0.4, 0.5) is 13.2 Å². The summed E-state index contributed by atoms with van der Waals surface area (Å²) in [5.41, 5.74) is 0.929. The molecular weight excluding hydrogens is 373 g/mol. The van der Waals surface area contributed by atoms with E-state index in [0.717, 1.165) is 36.2 Å². The molecule has 0 radical (unpaired) electrons. The van der Waals surface area contributed by atoms with E-state index in [1.807, 2.05) is 0 Å². The molecule has 2 fully saturated rings. The smallest absolute Gasteiger partial charge is 0.387 e. The summed E-state index contributed by atoms with van der Waals surface area (Å²) in [6.07, 6.45) is 17.1. The lowest BCUT2D eigenvalue weighted by molar-refractivity contribution is -0.0522. The summed E-state index contributed by atoms with van der Waals surface area (Å²) in [6, 6.07) is 4.51. The number of benzene rings is 1. The molecule has 0 unspecified atom stereocenters. The minimum atomic E-state index is -2.99. The first-order valence-corrected chi connectivity index (χ1v) is 11.8. The Morgan fingerprint density at radius 2 is 1.55 bits per heavy atom. The monoisotopic (exact) mass is 410 g/mol. The Balaban J connectivity index is 1.41. The topological polar surface area (TPSA) is 9.23 Å². The molecule has 164 valence electrons. The zero-order valence-electron chi connectivity index (χ0n) is 17.9. The second-order valence-electron chi connectivity index (χ2n) is 9.31. The van der Waals surface area contributed by atoms with Crippen molar-refractivity contribution in [2.24, 2.45) is 17.8 Å². The molecule has 2 aliphatic rings. The van der Waals surface area contributed by atoms with Crippen LogP contribution in [-0.2, 0) is 0 Å². The third-order valence-corrected chi connectivity index (χ3v) is 7.44. The van der Waals surface area contributed by atoms with Gasteiger partial charge in [0, 0.05) is 0 Å². The molecular formula is C25H37F3O. The first kappa shape index (κ1) is 22.5. The predicted octanol–water partition coefficient (Wildman–Crippen LogP) is 8.48. The number of alkyl halides is 2. The van der Waals surface area contributed by atoms with Gasteiger partial charge in [-0.2, -0.15) is 8.78 Å². The molecule has 2 saturated carbocycles. The van der Waals surface area contributed by atoms with Crippen molar-refractivity contribution in [3.05, 3.63) is 29.6 Å². The van der Waals surface area contributed by atoms with Gasteiger partial charge in [0.25, 0.3) is 0 Å². The van der Waals surface area contributed by atoms with Gasteiger partial charge in [0.1, 0.15) is 0 Å². The van der Waals surface area contributed by atoms with E-state index in [1.54, 1.807) is 6.07 Å². The van der Waals surface area contributed by atoms with E-state index in [2.05, 4.69) is 11.7 Å². The van der Waals surface area contributed by atoms with E-state index in [-0.39, 0.29) is 5.75 Å². The van der Waals surface area contributed by atoms with Crippen molar-refractivity contribution >= 4 is 0 Å². The van der Waals surface area contributed by atoms with Crippen LogP contribution in [0.1, 0.15) is 102 Å². The van der Waals surface area contributed by atoms with Gasteiger partial charge < -0.3 is 4.74 Å². The third kappa shape index (κ3) is 6.65. The van der Waals surface area contributed by atoms with E-state index in [1.165, 1.54) is 82.8 Å². The first-order valence-electron chi connectivity index (χ1n) is 11.8. The normalized spacial score (nSPS) is 27.9. The maximum absolute atomic E-state index is 14.0. The summed E-state index contributed by atoms with van der Waals surface area (Å²) in [5.74, 6) is 1.96. The summed E-state index contributed by atoms with van der Waals surface area (Å²) in [6.45, 7) is -0.718. The molecule has 0 aliphatic heterocycles. The summed E-state index contributed by atoms with van der Waals surface area (Å²) in [7, 11) is 0. The molecule has 1 aromatic carbocycles. The summed E-state index contributed by atoms with van der Waals surface area (Å²) in [4.78, 5) is 0. The second kappa shape index (κ2) is 11.3. The molecule has 29 heavy (non-hydrogen) atoms. The number of hydrogen-bond acceptors (Lipinski definition) is 1. The fraction of sp³-hybridized carbons (Fsp3) is 0.760. The third-order valence-electron chi connectivity index (χ3n) is 7.44. The summed E-state index contributed by atoms with van der Waals surface area (Å²) < 4.78 is 42.9. The van der Waals surface area contributed by atoms with Crippen LogP contribution in [0.2, 0.25) is 0 Å². The lowest BCUT2D eigenvalue weighted by atomic mass is 9.68. The molecule has 3 rings (SSSR count). The highest BCUT2D eigenvalue weighted by molar-refractivity contribution is 5.31. The lowest BCUT2D eigenvalue weighted by Gasteiger charge is -2.38. The van der Waals surface area contributed by atoms with Crippen LogP contribution in [0.15, 0.2) is 18.2 Å². The SMILES string of the molecule is CCCCCCC1CCC(C2CCC(c3ccc(OC(F)F)c(F)c3)CC2)CC1. The maximum atomic E-state index is 14.0. The van der Waals surface area contributed by atoms with E-state index in [9.17, 15) is 13.2 Å². The quantitative estimate of drug-likeness (QED) is 0.371. The van der Waals surface area contributed by atoms with Gasteiger partial charge in [-0.05, 0) is 79.9 Å². The van der Waals surface area contributed by atoms with E-state index >= 15 is 0 Å². The molecule has 1 nitrogen and oxygen atoms in total. The highest BCUT2D eigenvalue weighted by atomic mass is 19.3. The Bertz CT molecular complexity index is 602. The van der Waals surface area contributed by atoms with Gasteiger partial charge in [0.2, 0.25) is 0 Å². The van der Waals surface area contributed by atoms with Crippen LogP contribution in [0.25, 0.3) is 0 Å². The van der Waals surface area contributed by atoms with E-state index in [4.69, 9.17) is 0 Å². The Hall–Kier alpha value is -1.19. The van der Waals surface area contributed by atoms with Crippen LogP contribution in [0, 0.1) is 23.6 Å². The molecule has 0 amide bonds. The number of unbranched alkanes of at least 4 members (excludes halogenated alkanes) is 3. The van der Waals surface area contributed by atoms with Crippen molar-refractivity contribution in [2.45, 2.75) is 103 Å². The first-order chi connectivity index (χ1) is 14.1. The molecule has 4 heteroatoms. The molecule has 0 atom stereocenters. The Morgan fingerprint density at radius 1 is 0.897 bits per heavy atom. The van der Waals surface area contributed by atoms with Crippen molar-refractivity contribution in [1.29, 1.82) is 0 Å². The average molecular weight is 411 g/mol. The van der Waals surface area contributed by atoms with Crippen molar-refractivity contribution in [1.82, 2.24) is 0 Å². The highest BCUT2D eigenvalue weighted by Crippen LogP contribution is 2.44. The van der Waals surface area contributed by atoms with Gasteiger partial charge >= 0.3 is 6.61 Å². The summed E-state index contributed by atoms with van der Waals surface area (Å²) in [5, 5.41) is 0. The highest BCUT2D eigenvalue weighted by Gasteiger charge is 2.31. The molecule has 0 aromatic heterocycles.